The molecule has 2 aliphatic heterocycles. The van der Waals surface area contributed by atoms with E-state index in [9.17, 15) is 0 Å². The highest BCUT2D eigenvalue weighted by molar-refractivity contribution is 7.14. The first-order valence-corrected chi connectivity index (χ1v) is 13.4. The number of rotatable bonds is 8. The molecule has 1 N–H and O–H groups in total. The first-order valence-electron chi connectivity index (χ1n) is 12.6. The number of aromatic nitrogens is 5. The van der Waals surface area contributed by atoms with Crippen LogP contribution < -0.4 is 15.1 Å². The van der Waals surface area contributed by atoms with E-state index in [4.69, 9.17) is 9.97 Å². The Morgan fingerprint density at radius 3 is 2.65 bits per heavy atom. The second kappa shape index (κ2) is 9.92. The van der Waals surface area contributed by atoms with Gasteiger partial charge in [-0.3, -0.25) is 9.97 Å². The summed E-state index contributed by atoms with van der Waals surface area (Å²) in [5.41, 5.74) is 3.03. The lowest BCUT2D eigenvalue weighted by atomic mass is 10.0. The molecule has 178 valence electrons. The Morgan fingerprint density at radius 2 is 1.82 bits per heavy atom. The van der Waals surface area contributed by atoms with Gasteiger partial charge in [-0.2, -0.15) is 0 Å². The molecule has 3 aliphatic rings. The van der Waals surface area contributed by atoms with Crippen molar-refractivity contribution in [1.82, 2.24) is 30.5 Å². The summed E-state index contributed by atoms with van der Waals surface area (Å²) in [6, 6.07) is 4.94. The van der Waals surface area contributed by atoms with Crippen molar-refractivity contribution < 1.29 is 0 Å². The third-order valence-electron chi connectivity index (χ3n) is 7.06. The minimum Gasteiger partial charge on any atom is -0.369 e. The third kappa shape index (κ3) is 5.20. The topological polar surface area (TPSA) is 83.0 Å². The standard InChI is InChI=1S/C25H32N8S/c1-2-10-32(9-1)23-16-26-15-22(29-23)25-31-30-24(34-25)12-19-7-8-21(14-28-19)33-11-3-4-20(17-33)27-13-18-5-6-18/h7-8,14-16,18,20,27H,1-6,9-13,17H2/t20-/m1/s1. The van der Waals surface area contributed by atoms with Gasteiger partial charge in [0.2, 0.25) is 0 Å². The van der Waals surface area contributed by atoms with Crippen molar-refractivity contribution in [2.75, 3.05) is 42.5 Å². The molecule has 3 fully saturated rings. The van der Waals surface area contributed by atoms with Gasteiger partial charge in [-0.1, -0.05) is 11.3 Å². The zero-order chi connectivity index (χ0) is 22.7. The predicted octanol–water partition coefficient (Wildman–Crippen LogP) is 3.55. The quantitative estimate of drug-likeness (QED) is 0.529. The molecule has 0 unspecified atom stereocenters. The fourth-order valence-electron chi connectivity index (χ4n) is 4.88. The van der Waals surface area contributed by atoms with Crippen LogP contribution in [0.5, 0.6) is 0 Å². The summed E-state index contributed by atoms with van der Waals surface area (Å²) < 4.78 is 0. The van der Waals surface area contributed by atoms with Crippen LogP contribution in [0.4, 0.5) is 11.5 Å². The molecule has 0 aromatic carbocycles. The number of hydrogen-bond donors (Lipinski definition) is 1. The third-order valence-corrected chi connectivity index (χ3v) is 8.00. The van der Waals surface area contributed by atoms with Crippen molar-refractivity contribution in [2.45, 2.75) is 51.0 Å². The molecule has 1 aliphatic carbocycles. The van der Waals surface area contributed by atoms with E-state index in [2.05, 4.69) is 42.4 Å². The Kier molecular flexibility index (Phi) is 6.37. The highest BCUT2D eigenvalue weighted by Gasteiger charge is 2.25. The summed E-state index contributed by atoms with van der Waals surface area (Å²) in [5.74, 6) is 1.87. The molecule has 9 heteroatoms. The number of nitrogens with zero attached hydrogens (tertiary/aromatic N) is 7. The van der Waals surface area contributed by atoms with Gasteiger partial charge >= 0.3 is 0 Å². The zero-order valence-corrected chi connectivity index (χ0v) is 20.4. The van der Waals surface area contributed by atoms with Crippen molar-refractivity contribution in [3.63, 3.8) is 0 Å². The van der Waals surface area contributed by atoms with Crippen molar-refractivity contribution in [3.05, 3.63) is 41.4 Å². The Hall–Kier alpha value is -2.65. The van der Waals surface area contributed by atoms with Crippen molar-refractivity contribution in [3.8, 4) is 10.7 Å². The van der Waals surface area contributed by atoms with Crippen LogP contribution in [-0.2, 0) is 6.42 Å². The summed E-state index contributed by atoms with van der Waals surface area (Å²) in [4.78, 5) is 18.7. The van der Waals surface area contributed by atoms with Crippen LogP contribution in [0.15, 0.2) is 30.7 Å². The minimum atomic E-state index is 0.598. The highest BCUT2D eigenvalue weighted by Crippen LogP contribution is 2.29. The fraction of sp³-hybridized carbons (Fsp3) is 0.560. The molecular formula is C25H32N8S. The van der Waals surface area contributed by atoms with Gasteiger partial charge in [0.25, 0.3) is 0 Å². The largest absolute Gasteiger partial charge is 0.369 e. The van der Waals surface area contributed by atoms with E-state index in [-0.39, 0.29) is 0 Å². The van der Waals surface area contributed by atoms with E-state index < -0.39 is 0 Å². The second-order valence-electron chi connectivity index (χ2n) is 9.78. The molecule has 0 bridgehead atoms. The van der Waals surface area contributed by atoms with Gasteiger partial charge in [0.15, 0.2) is 5.01 Å². The normalized spacial score (nSPS) is 20.8. The Morgan fingerprint density at radius 1 is 0.941 bits per heavy atom. The molecule has 0 amide bonds. The molecule has 8 nitrogen and oxygen atoms in total. The van der Waals surface area contributed by atoms with E-state index in [0.29, 0.717) is 12.5 Å². The van der Waals surface area contributed by atoms with Gasteiger partial charge in [0.1, 0.15) is 16.5 Å². The first-order chi connectivity index (χ1) is 16.8. The van der Waals surface area contributed by atoms with Crippen LogP contribution in [0.3, 0.4) is 0 Å². The molecule has 3 aromatic rings. The lowest BCUT2D eigenvalue weighted by Gasteiger charge is -2.34. The molecule has 0 radical (unpaired) electrons. The van der Waals surface area contributed by atoms with Crippen LogP contribution in [-0.4, -0.2) is 63.9 Å². The summed E-state index contributed by atoms with van der Waals surface area (Å²) in [6.45, 7) is 5.48. The maximum absolute atomic E-state index is 4.79. The van der Waals surface area contributed by atoms with Gasteiger partial charge in [-0.15, -0.1) is 10.2 Å². The second-order valence-corrected chi connectivity index (χ2v) is 10.8. The van der Waals surface area contributed by atoms with Crippen LogP contribution in [0.25, 0.3) is 10.7 Å². The van der Waals surface area contributed by atoms with E-state index in [0.717, 1.165) is 59.3 Å². The van der Waals surface area contributed by atoms with Gasteiger partial charge in [0, 0.05) is 44.3 Å². The van der Waals surface area contributed by atoms with Crippen LogP contribution in [0.1, 0.15) is 49.2 Å². The van der Waals surface area contributed by atoms with Gasteiger partial charge in [0.05, 0.1) is 24.3 Å². The summed E-state index contributed by atoms with van der Waals surface area (Å²) >= 11 is 1.58. The lowest BCUT2D eigenvalue weighted by molar-refractivity contribution is 0.416. The average molecular weight is 477 g/mol. The molecule has 1 atom stereocenters. The number of hydrogen-bond acceptors (Lipinski definition) is 9. The minimum absolute atomic E-state index is 0.598. The predicted molar refractivity (Wildman–Crippen MR) is 135 cm³/mol. The van der Waals surface area contributed by atoms with Crippen molar-refractivity contribution in [2.24, 2.45) is 5.92 Å². The van der Waals surface area contributed by atoms with Gasteiger partial charge < -0.3 is 15.1 Å². The first kappa shape index (κ1) is 21.9. The molecule has 0 spiro atoms. The molecule has 2 saturated heterocycles. The maximum atomic E-state index is 4.79. The summed E-state index contributed by atoms with van der Waals surface area (Å²) in [6.07, 6.45) is 14.1. The number of piperidine rings is 1. The van der Waals surface area contributed by atoms with Crippen molar-refractivity contribution >= 4 is 22.8 Å². The van der Waals surface area contributed by atoms with E-state index in [1.165, 1.54) is 50.8 Å². The van der Waals surface area contributed by atoms with Gasteiger partial charge in [-0.25, -0.2) is 4.98 Å². The highest BCUT2D eigenvalue weighted by atomic mass is 32.1. The summed E-state index contributed by atoms with van der Waals surface area (Å²) in [5, 5.41) is 14.3. The molecule has 5 heterocycles. The summed E-state index contributed by atoms with van der Waals surface area (Å²) in [7, 11) is 0. The number of nitrogens with one attached hydrogen (secondary N) is 1. The monoisotopic (exact) mass is 476 g/mol. The lowest BCUT2D eigenvalue weighted by Crippen LogP contribution is -2.46. The maximum Gasteiger partial charge on any atom is 0.167 e. The van der Waals surface area contributed by atoms with Crippen LogP contribution >= 0.6 is 11.3 Å². The van der Waals surface area contributed by atoms with Gasteiger partial charge in [-0.05, 0) is 63.1 Å². The van der Waals surface area contributed by atoms with Crippen LogP contribution in [0.2, 0.25) is 0 Å². The average Bonchev–Trinajstić information content (AvgIpc) is 3.33. The van der Waals surface area contributed by atoms with E-state index >= 15 is 0 Å². The van der Waals surface area contributed by atoms with E-state index in [1.54, 1.807) is 17.5 Å². The molecule has 34 heavy (non-hydrogen) atoms. The molecule has 3 aromatic heterocycles. The number of anilines is 2. The smallest absolute Gasteiger partial charge is 0.167 e. The zero-order valence-electron chi connectivity index (χ0n) is 19.6. The Balaban J connectivity index is 1.07. The van der Waals surface area contributed by atoms with Crippen molar-refractivity contribution in [1.29, 1.82) is 0 Å². The molecule has 6 rings (SSSR count). The SMILES string of the molecule is c1cc(Cc2nnc(-c3cncc(N4CCCC4)n3)s2)ncc1N1CCC[C@@H](NCC2CC2)C1. The molecule has 1 saturated carbocycles. The number of pyridine rings is 1. The van der Waals surface area contributed by atoms with E-state index in [1.807, 2.05) is 12.4 Å². The Bertz CT molecular complexity index is 1090. The molecular weight excluding hydrogens is 444 g/mol. The Labute approximate surface area is 204 Å². The van der Waals surface area contributed by atoms with Crippen LogP contribution in [0, 0.1) is 5.92 Å². The fourth-order valence-corrected chi connectivity index (χ4v) is 5.69.